The first kappa shape index (κ1) is 16.5. The molecule has 0 saturated carbocycles. The van der Waals surface area contributed by atoms with Gasteiger partial charge in [0.05, 0.1) is 5.60 Å². The van der Waals surface area contributed by atoms with E-state index < -0.39 is 5.60 Å². The first-order chi connectivity index (χ1) is 12.2. The number of ether oxygens (including phenoxy) is 1. The Hall–Kier alpha value is -1.92. The van der Waals surface area contributed by atoms with Crippen molar-refractivity contribution in [1.29, 1.82) is 0 Å². The van der Waals surface area contributed by atoms with E-state index in [0.29, 0.717) is 17.8 Å². The molecule has 6 heteroatoms. The molecule has 0 spiro atoms. The van der Waals surface area contributed by atoms with Gasteiger partial charge in [-0.05, 0) is 25.2 Å². The normalized spacial score (nSPS) is 28.2. The summed E-state index contributed by atoms with van der Waals surface area (Å²) in [7, 11) is 0. The molecule has 0 bridgehead atoms. The molecule has 2 aliphatic rings. The SMILES string of the molecule is C[C@@H]1CN(c2nc(-c3ccccc3)no2)CC[C@@]1(O)C1CCOCC1. The first-order valence-corrected chi connectivity index (χ1v) is 9.11. The van der Waals surface area contributed by atoms with Crippen LogP contribution in [0.4, 0.5) is 6.01 Å². The monoisotopic (exact) mass is 343 g/mol. The maximum atomic E-state index is 11.3. The van der Waals surface area contributed by atoms with E-state index in [9.17, 15) is 5.11 Å². The highest BCUT2D eigenvalue weighted by molar-refractivity contribution is 5.55. The van der Waals surface area contributed by atoms with Crippen LogP contribution in [0.25, 0.3) is 11.4 Å². The van der Waals surface area contributed by atoms with Crippen molar-refractivity contribution < 1.29 is 14.4 Å². The van der Waals surface area contributed by atoms with Gasteiger partial charge in [0, 0.05) is 37.8 Å². The van der Waals surface area contributed by atoms with Crippen LogP contribution in [-0.4, -0.2) is 47.2 Å². The van der Waals surface area contributed by atoms with E-state index >= 15 is 0 Å². The Labute approximate surface area is 147 Å². The molecular weight excluding hydrogens is 318 g/mol. The second kappa shape index (κ2) is 6.77. The number of anilines is 1. The van der Waals surface area contributed by atoms with Gasteiger partial charge in [0.15, 0.2) is 0 Å². The standard InChI is InChI=1S/C19H25N3O3/c1-14-13-22(10-9-19(14,23)16-7-11-24-12-8-16)18-20-17(21-25-18)15-5-3-2-4-6-15/h2-6,14,16,23H,7-13H2,1H3/t14-,19+/m1/s1. The zero-order valence-electron chi connectivity index (χ0n) is 14.6. The van der Waals surface area contributed by atoms with Crippen molar-refractivity contribution in [1.82, 2.24) is 10.1 Å². The number of aromatic nitrogens is 2. The van der Waals surface area contributed by atoms with Gasteiger partial charge in [-0.1, -0.05) is 42.4 Å². The molecule has 0 unspecified atom stereocenters. The van der Waals surface area contributed by atoms with E-state index in [1.165, 1.54) is 0 Å². The van der Waals surface area contributed by atoms with Crippen molar-refractivity contribution in [2.45, 2.75) is 31.8 Å². The van der Waals surface area contributed by atoms with Crippen molar-refractivity contribution in [3.63, 3.8) is 0 Å². The van der Waals surface area contributed by atoms with E-state index in [0.717, 1.165) is 51.1 Å². The molecule has 3 heterocycles. The lowest BCUT2D eigenvalue weighted by Gasteiger charge is -2.48. The summed E-state index contributed by atoms with van der Waals surface area (Å²) < 4.78 is 10.9. The van der Waals surface area contributed by atoms with E-state index in [1.54, 1.807) is 0 Å². The third kappa shape index (κ3) is 3.16. The summed E-state index contributed by atoms with van der Waals surface area (Å²) in [5.41, 5.74) is 0.323. The highest BCUT2D eigenvalue weighted by Crippen LogP contribution is 2.40. The van der Waals surface area contributed by atoms with Gasteiger partial charge in [-0.2, -0.15) is 4.98 Å². The number of hydrogen-bond donors (Lipinski definition) is 1. The molecule has 1 aromatic heterocycles. The summed E-state index contributed by atoms with van der Waals surface area (Å²) in [5, 5.41) is 15.4. The maximum absolute atomic E-state index is 11.3. The second-order valence-electron chi connectivity index (χ2n) is 7.24. The van der Waals surface area contributed by atoms with Gasteiger partial charge in [-0.3, -0.25) is 0 Å². The molecular formula is C19H25N3O3. The number of nitrogens with zero attached hydrogens (tertiary/aromatic N) is 3. The lowest BCUT2D eigenvalue weighted by atomic mass is 9.70. The van der Waals surface area contributed by atoms with Gasteiger partial charge in [-0.25, -0.2) is 0 Å². The Kier molecular flexibility index (Phi) is 4.48. The van der Waals surface area contributed by atoms with Crippen molar-refractivity contribution in [2.24, 2.45) is 11.8 Å². The van der Waals surface area contributed by atoms with Gasteiger partial charge >= 0.3 is 6.01 Å². The van der Waals surface area contributed by atoms with Crippen molar-refractivity contribution >= 4 is 6.01 Å². The smallest absolute Gasteiger partial charge is 0.324 e. The van der Waals surface area contributed by atoms with Crippen LogP contribution in [0.5, 0.6) is 0 Å². The summed E-state index contributed by atoms with van der Waals surface area (Å²) in [6.45, 7) is 5.09. The van der Waals surface area contributed by atoms with Crippen LogP contribution in [0.2, 0.25) is 0 Å². The minimum absolute atomic E-state index is 0.149. The molecule has 2 saturated heterocycles. The molecule has 2 atom stereocenters. The number of piperidine rings is 1. The Balaban J connectivity index is 1.47. The fourth-order valence-corrected chi connectivity index (χ4v) is 4.17. The van der Waals surface area contributed by atoms with Gasteiger partial charge in [0.2, 0.25) is 5.82 Å². The first-order valence-electron chi connectivity index (χ1n) is 9.11. The van der Waals surface area contributed by atoms with Crippen molar-refractivity contribution in [3.8, 4) is 11.4 Å². The van der Waals surface area contributed by atoms with E-state index in [4.69, 9.17) is 9.26 Å². The fraction of sp³-hybridized carbons (Fsp3) is 0.579. The average molecular weight is 343 g/mol. The maximum Gasteiger partial charge on any atom is 0.324 e. The quantitative estimate of drug-likeness (QED) is 0.924. The predicted octanol–water partition coefficient (Wildman–Crippen LogP) is 2.74. The molecule has 0 aliphatic carbocycles. The third-order valence-electron chi connectivity index (χ3n) is 5.78. The van der Waals surface area contributed by atoms with Gasteiger partial charge in [0.1, 0.15) is 0 Å². The largest absolute Gasteiger partial charge is 0.389 e. The summed E-state index contributed by atoms with van der Waals surface area (Å²) in [5.74, 6) is 1.07. The van der Waals surface area contributed by atoms with E-state index in [1.807, 2.05) is 30.3 Å². The molecule has 25 heavy (non-hydrogen) atoms. The van der Waals surface area contributed by atoms with Crippen LogP contribution in [-0.2, 0) is 4.74 Å². The minimum Gasteiger partial charge on any atom is -0.389 e. The van der Waals surface area contributed by atoms with Crippen LogP contribution in [0.15, 0.2) is 34.9 Å². The highest BCUT2D eigenvalue weighted by Gasteiger charge is 2.46. The lowest BCUT2D eigenvalue weighted by molar-refractivity contribution is -0.108. The zero-order valence-corrected chi connectivity index (χ0v) is 14.6. The van der Waals surface area contributed by atoms with Crippen LogP contribution in [0.3, 0.4) is 0 Å². The fourth-order valence-electron chi connectivity index (χ4n) is 4.17. The highest BCUT2D eigenvalue weighted by atomic mass is 16.5. The topological polar surface area (TPSA) is 71.6 Å². The van der Waals surface area contributed by atoms with Crippen LogP contribution < -0.4 is 4.90 Å². The molecule has 2 fully saturated rings. The molecule has 2 aromatic rings. The number of benzene rings is 1. The Morgan fingerprint density at radius 2 is 1.96 bits per heavy atom. The molecule has 4 rings (SSSR count). The Morgan fingerprint density at radius 1 is 1.20 bits per heavy atom. The summed E-state index contributed by atoms with van der Waals surface area (Å²) >= 11 is 0. The minimum atomic E-state index is -0.622. The van der Waals surface area contributed by atoms with Gasteiger partial charge < -0.3 is 19.3 Å². The number of hydrogen-bond acceptors (Lipinski definition) is 6. The van der Waals surface area contributed by atoms with Crippen LogP contribution >= 0.6 is 0 Å². The molecule has 134 valence electrons. The molecule has 1 N–H and O–H groups in total. The number of rotatable bonds is 3. The summed E-state index contributed by atoms with van der Waals surface area (Å²) in [6.07, 6.45) is 2.61. The van der Waals surface area contributed by atoms with Crippen molar-refractivity contribution in [3.05, 3.63) is 30.3 Å². The van der Waals surface area contributed by atoms with Crippen molar-refractivity contribution in [2.75, 3.05) is 31.2 Å². The molecule has 2 aliphatic heterocycles. The Morgan fingerprint density at radius 3 is 2.68 bits per heavy atom. The molecule has 0 amide bonds. The molecule has 1 aromatic carbocycles. The van der Waals surface area contributed by atoms with E-state index in [-0.39, 0.29) is 5.92 Å². The second-order valence-corrected chi connectivity index (χ2v) is 7.24. The third-order valence-corrected chi connectivity index (χ3v) is 5.78. The van der Waals surface area contributed by atoms with Gasteiger partial charge in [-0.15, -0.1) is 0 Å². The van der Waals surface area contributed by atoms with Gasteiger partial charge in [0.25, 0.3) is 0 Å². The summed E-state index contributed by atoms with van der Waals surface area (Å²) in [6, 6.07) is 10.4. The summed E-state index contributed by atoms with van der Waals surface area (Å²) in [4.78, 5) is 6.64. The molecule has 0 radical (unpaired) electrons. The van der Waals surface area contributed by atoms with E-state index in [2.05, 4.69) is 22.0 Å². The average Bonchev–Trinajstić information content (AvgIpc) is 3.16. The predicted molar refractivity (Wildman–Crippen MR) is 94.2 cm³/mol. The van der Waals surface area contributed by atoms with Crippen LogP contribution in [0.1, 0.15) is 26.2 Å². The molecule has 6 nitrogen and oxygen atoms in total. The zero-order chi connectivity index (χ0) is 17.3. The lowest BCUT2D eigenvalue weighted by Crippen LogP contribution is -2.56. The van der Waals surface area contributed by atoms with Crippen LogP contribution in [0, 0.1) is 11.8 Å². The Bertz CT molecular complexity index is 699. The number of aliphatic hydroxyl groups is 1.